The van der Waals surface area contributed by atoms with Crippen LogP contribution in [0.3, 0.4) is 0 Å². The summed E-state index contributed by atoms with van der Waals surface area (Å²) in [5.41, 5.74) is -2.42. The summed E-state index contributed by atoms with van der Waals surface area (Å²) < 4.78 is 65.7. The predicted molar refractivity (Wildman–Crippen MR) is 79.2 cm³/mol. The van der Waals surface area contributed by atoms with Crippen molar-refractivity contribution in [1.82, 2.24) is 0 Å². The van der Waals surface area contributed by atoms with E-state index in [0.717, 1.165) is 6.07 Å². The normalized spacial score (nSPS) is 16.9. The van der Waals surface area contributed by atoms with E-state index in [2.05, 4.69) is 5.32 Å². The van der Waals surface area contributed by atoms with E-state index in [9.17, 15) is 31.9 Å². The van der Waals surface area contributed by atoms with Crippen LogP contribution in [0.15, 0.2) is 29.3 Å². The van der Waals surface area contributed by atoms with Crippen LogP contribution < -0.4 is 5.32 Å². The van der Waals surface area contributed by atoms with Crippen LogP contribution in [-0.2, 0) is 16.9 Å². The fourth-order valence-corrected chi connectivity index (χ4v) is 2.69. The molecule has 0 spiro atoms. The molecule has 25 heavy (non-hydrogen) atoms. The molecule has 0 aliphatic heterocycles. The van der Waals surface area contributed by atoms with E-state index in [1.54, 1.807) is 0 Å². The Morgan fingerprint density at radius 2 is 1.72 bits per heavy atom. The number of aliphatic carboxylic acids is 1. The lowest BCUT2D eigenvalue weighted by Crippen LogP contribution is -2.23. The number of aliphatic hydroxyl groups excluding tert-OH is 1. The molecule has 9 heteroatoms. The molecule has 1 aliphatic carbocycles. The Kier molecular flexibility index (Phi) is 5.08. The molecule has 0 heterocycles. The zero-order valence-corrected chi connectivity index (χ0v) is 13.1. The second-order valence-corrected chi connectivity index (χ2v) is 5.89. The van der Waals surface area contributed by atoms with Gasteiger partial charge in [0.1, 0.15) is 6.23 Å². The van der Waals surface area contributed by atoms with Gasteiger partial charge in [0.05, 0.1) is 5.56 Å². The van der Waals surface area contributed by atoms with Crippen molar-refractivity contribution in [1.29, 1.82) is 0 Å². The molecule has 4 nitrogen and oxygen atoms in total. The monoisotopic (exact) mass is 365 g/mol. The van der Waals surface area contributed by atoms with E-state index in [1.165, 1.54) is 0 Å². The molecular weight excluding hydrogens is 349 g/mol. The molecule has 138 valence electrons. The number of rotatable bonds is 5. The summed E-state index contributed by atoms with van der Waals surface area (Å²) in [6.07, 6.45) is -5.45. The molecule has 0 aromatic heterocycles. The van der Waals surface area contributed by atoms with Crippen molar-refractivity contribution in [2.24, 2.45) is 0 Å². The van der Waals surface area contributed by atoms with Gasteiger partial charge in [-0.1, -0.05) is 0 Å². The first kappa shape index (κ1) is 19.2. The molecule has 0 radical (unpaired) electrons. The van der Waals surface area contributed by atoms with Crippen LogP contribution in [0.25, 0.3) is 0 Å². The number of carboxylic acid groups (broad SMARTS) is 1. The number of nitrogens with one attached hydrogen (secondary N) is 1. The molecule has 1 aromatic carbocycles. The van der Waals surface area contributed by atoms with Crippen molar-refractivity contribution < 1.29 is 37.0 Å². The van der Waals surface area contributed by atoms with Gasteiger partial charge in [0, 0.05) is 23.7 Å². The van der Waals surface area contributed by atoms with Crippen molar-refractivity contribution in [2.75, 3.05) is 5.32 Å². The first-order chi connectivity index (χ1) is 11.4. The molecule has 0 saturated heterocycles. The van der Waals surface area contributed by atoms with E-state index in [1.807, 2.05) is 0 Å². The number of aliphatic hydroxyl groups is 1. The Morgan fingerprint density at radius 3 is 2.24 bits per heavy atom. The lowest BCUT2D eigenvalue weighted by molar-refractivity contribution is -0.137. The summed E-state index contributed by atoms with van der Waals surface area (Å²) in [7, 11) is 0. The van der Waals surface area contributed by atoms with Crippen LogP contribution in [0, 0.1) is 0 Å². The highest BCUT2D eigenvalue weighted by atomic mass is 19.4. The zero-order chi connectivity index (χ0) is 19.0. The van der Waals surface area contributed by atoms with Crippen molar-refractivity contribution >= 4 is 11.7 Å². The van der Waals surface area contributed by atoms with Crippen LogP contribution in [0.2, 0.25) is 0 Å². The second kappa shape index (κ2) is 6.62. The van der Waals surface area contributed by atoms with Gasteiger partial charge in [0.25, 0.3) is 5.92 Å². The van der Waals surface area contributed by atoms with Crippen molar-refractivity contribution in [3.8, 4) is 0 Å². The maximum Gasteiger partial charge on any atom is 0.416 e. The highest BCUT2D eigenvalue weighted by Gasteiger charge is 2.35. The third-order valence-corrected chi connectivity index (χ3v) is 3.92. The Morgan fingerprint density at radius 1 is 1.12 bits per heavy atom. The number of alkyl halides is 5. The van der Waals surface area contributed by atoms with Crippen LogP contribution in [0.5, 0.6) is 0 Å². The summed E-state index contributed by atoms with van der Waals surface area (Å²) in [4.78, 5) is 11.1. The SMILES string of the molecule is CC(F)(F)c1cc(NC(O)C2=C(C(=O)O)CCC2)cc(C(F)(F)F)c1. The van der Waals surface area contributed by atoms with Gasteiger partial charge < -0.3 is 15.5 Å². The average molecular weight is 365 g/mol. The van der Waals surface area contributed by atoms with Gasteiger partial charge in [-0.2, -0.15) is 13.2 Å². The maximum absolute atomic E-state index is 13.5. The van der Waals surface area contributed by atoms with Crippen molar-refractivity contribution in [2.45, 2.75) is 44.5 Å². The lowest BCUT2D eigenvalue weighted by Gasteiger charge is -2.20. The van der Waals surface area contributed by atoms with E-state index in [0.29, 0.717) is 25.5 Å². The number of hydrogen-bond acceptors (Lipinski definition) is 3. The number of benzene rings is 1. The molecule has 0 fully saturated rings. The highest BCUT2D eigenvalue weighted by Crippen LogP contribution is 2.37. The topological polar surface area (TPSA) is 69.6 Å². The fourth-order valence-electron chi connectivity index (χ4n) is 2.69. The lowest BCUT2D eigenvalue weighted by atomic mass is 10.0. The molecular formula is C16H16F5NO3. The Bertz CT molecular complexity index is 674. The molecule has 0 saturated carbocycles. The van der Waals surface area contributed by atoms with E-state index in [-0.39, 0.29) is 29.7 Å². The largest absolute Gasteiger partial charge is 0.478 e. The number of anilines is 1. The molecule has 0 amide bonds. The summed E-state index contributed by atoms with van der Waals surface area (Å²) in [6, 6.07) is 1.73. The number of carbonyl (C=O) groups is 1. The number of halogens is 5. The van der Waals surface area contributed by atoms with Gasteiger partial charge in [-0.05, 0) is 43.0 Å². The Balaban J connectivity index is 2.39. The van der Waals surface area contributed by atoms with Gasteiger partial charge in [-0.3, -0.25) is 0 Å². The third-order valence-electron chi connectivity index (χ3n) is 3.92. The van der Waals surface area contributed by atoms with E-state index in [4.69, 9.17) is 5.11 Å². The van der Waals surface area contributed by atoms with Crippen LogP contribution in [0.4, 0.5) is 27.6 Å². The fraction of sp³-hybridized carbons (Fsp3) is 0.438. The second-order valence-electron chi connectivity index (χ2n) is 5.89. The van der Waals surface area contributed by atoms with Gasteiger partial charge in [0.15, 0.2) is 0 Å². The molecule has 0 bridgehead atoms. The summed E-state index contributed by atoms with van der Waals surface area (Å²) >= 11 is 0. The van der Waals surface area contributed by atoms with Gasteiger partial charge in [-0.15, -0.1) is 0 Å². The van der Waals surface area contributed by atoms with Gasteiger partial charge in [0.2, 0.25) is 0 Å². The zero-order valence-electron chi connectivity index (χ0n) is 13.1. The molecule has 1 atom stereocenters. The van der Waals surface area contributed by atoms with Gasteiger partial charge >= 0.3 is 12.1 Å². The van der Waals surface area contributed by atoms with E-state index >= 15 is 0 Å². The van der Waals surface area contributed by atoms with Crippen LogP contribution in [0.1, 0.15) is 37.3 Å². The Labute approximate surface area is 140 Å². The summed E-state index contributed by atoms with van der Waals surface area (Å²) in [5, 5.41) is 21.5. The standard InChI is InChI=1S/C16H16F5NO3/c1-15(17,18)8-5-9(16(19,20)21)7-10(6-8)22-13(23)11-3-2-4-12(11)14(24)25/h5-7,13,22-23H,2-4H2,1H3,(H,24,25). The minimum atomic E-state index is -4.85. The molecule has 1 unspecified atom stereocenters. The van der Waals surface area contributed by atoms with Crippen molar-refractivity contribution in [3.05, 3.63) is 40.5 Å². The van der Waals surface area contributed by atoms with Crippen LogP contribution >= 0.6 is 0 Å². The van der Waals surface area contributed by atoms with Crippen LogP contribution in [-0.4, -0.2) is 22.4 Å². The molecule has 2 rings (SSSR count). The minimum absolute atomic E-state index is 0.0204. The number of hydrogen-bond donors (Lipinski definition) is 3. The quantitative estimate of drug-likeness (QED) is 0.543. The first-order valence-corrected chi connectivity index (χ1v) is 7.40. The third kappa shape index (κ3) is 4.47. The first-order valence-electron chi connectivity index (χ1n) is 7.40. The summed E-state index contributed by atoms with van der Waals surface area (Å²) in [5.74, 6) is -4.74. The average Bonchev–Trinajstić information content (AvgIpc) is 2.94. The maximum atomic E-state index is 13.5. The van der Waals surface area contributed by atoms with Crippen molar-refractivity contribution in [3.63, 3.8) is 0 Å². The predicted octanol–water partition coefficient (Wildman–Crippen LogP) is 4.11. The highest BCUT2D eigenvalue weighted by molar-refractivity contribution is 5.88. The van der Waals surface area contributed by atoms with Gasteiger partial charge in [-0.25, -0.2) is 13.6 Å². The minimum Gasteiger partial charge on any atom is -0.478 e. The summed E-state index contributed by atoms with van der Waals surface area (Å²) in [6.45, 7) is 0.463. The molecule has 3 N–H and O–H groups in total. The number of carboxylic acids is 1. The molecule has 1 aromatic rings. The van der Waals surface area contributed by atoms with E-state index < -0.39 is 35.4 Å². The molecule has 1 aliphatic rings. The Hall–Kier alpha value is -2.16. The smallest absolute Gasteiger partial charge is 0.416 e.